The number of fused-ring (bicyclic) bond motifs is 1. The van der Waals surface area contributed by atoms with E-state index >= 15 is 0 Å². The van der Waals surface area contributed by atoms with Gasteiger partial charge in [-0.2, -0.15) is 0 Å². The van der Waals surface area contributed by atoms with Crippen LogP contribution in [0.15, 0.2) is 48.7 Å². The number of nitrogens with one attached hydrogen (secondary N) is 1. The van der Waals surface area contributed by atoms with Crippen molar-refractivity contribution in [3.05, 3.63) is 48.7 Å². The fourth-order valence-electron chi connectivity index (χ4n) is 0.975. The van der Waals surface area contributed by atoms with Crippen molar-refractivity contribution in [2.24, 2.45) is 0 Å². The first-order chi connectivity index (χ1) is 4.97. The SMILES string of the molecule is C1=CC=C2NC=CN2C=C1. The Morgan fingerprint density at radius 1 is 1.10 bits per heavy atom. The van der Waals surface area contributed by atoms with Crippen molar-refractivity contribution >= 4 is 0 Å². The molecule has 0 saturated carbocycles. The lowest BCUT2D eigenvalue weighted by Crippen LogP contribution is -2.11. The van der Waals surface area contributed by atoms with E-state index in [0.717, 1.165) is 5.82 Å². The minimum Gasteiger partial charge on any atom is -0.346 e. The van der Waals surface area contributed by atoms with Crippen LogP contribution >= 0.6 is 0 Å². The molecule has 0 saturated heterocycles. The molecule has 0 aliphatic carbocycles. The van der Waals surface area contributed by atoms with E-state index in [9.17, 15) is 0 Å². The Hall–Kier alpha value is -1.44. The number of nitrogens with zero attached hydrogens (tertiary/aromatic N) is 1. The van der Waals surface area contributed by atoms with Crippen LogP contribution in [0, 0.1) is 0 Å². The van der Waals surface area contributed by atoms with E-state index in [0.29, 0.717) is 0 Å². The maximum Gasteiger partial charge on any atom is 0.114 e. The van der Waals surface area contributed by atoms with Crippen molar-refractivity contribution in [2.45, 2.75) is 0 Å². The molecule has 2 rings (SSSR count). The van der Waals surface area contributed by atoms with Crippen LogP contribution in [0.4, 0.5) is 0 Å². The molecule has 0 aromatic heterocycles. The van der Waals surface area contributed by atoms with Gasteiger partial charge in [0.15, 0.2) is 0 Å². The van der Waals surface area contributed by atoms with Crippen molar-refractivity contribution in [3.63, 3.8) is 0 Å². The molecule has 50 valence electrons. The fourth-order valence-corrected chi connectivity index (χ4v) is 0.975. The van der Waals surface area contributed by atoms with Gasteiger partial charge in [-0.25, -0.2) is 0 Å². The lowest BCUT2D eigenvalue weighted by Gasteiger charge is -2.09. The Morgan fingerprint density at radius 2 is 2.10 bits per heavy atom. The Bertz CT molecular complexity index is 246. The Morgan fingerprint density at radius 3 is 3.10 bits per heavy atom. The zero-order valence-corrected chi connectivity index (χ0v) is 5.49. The molecule has 2 heteroatoms. The third-order valence-corrected chi connectivity index (χ3v) is 1.47. The summed E-state index contributed by atoms with van der Waals surface area (Å²) in [7, 11) is 0. The highest BCUT2D eigenvalue weighted by Crippen LogP contribution is 2.10. The molecule has 10 heavy (non-hydrogen) atoms. The lowest BCUT2D eigenvalue weighted by atomic mass is 10.5. The van der Waals surface area contributed by atoms with Crippen LogP contribution in [0.3, 0.4) is 0 Å². The average molecular weight is 132 g/mol. The van der Waals surface area contributed by atoms with Gasteiger partial charge < -0.3 is 10.2 Å². The summed E-state index contributed by atoms with van der Waals surface area (Å²) in [5, 5.41) is 3.10. The molecule has 2 nitrogen and oxygen atoms in total. The molecule has 0 aromatic rings. The Labute approximate surface area is 59.8 Å². The zero-order valence-electron chi connectivity index (χ0n) is 5.49. The van der Waals surface area contributed by atoms with Crippen LogP contribution in [0.2, 0.25) is 0 Å². The first-order valence-corrected chi connectivity index (χ1v) is 3.23. The standard InChI is InChI=1S/C8H8N2/c1-2-4-8-9-5-7-10(8)6-3-1/h1-7,9H. The Balaban J connectivity index is 2.35. The van der Waals surface area contributed by atoms with Gasteiger partial charge in [0.25, 0.3) is 0 Å². The van der Waals surface area contributed by atoms with Gasteiger partial charge in [-0.15, -0.1) is 0 Å². The topological polar surface area (TPSA) is 15.3 Å². The average Bonchev–Trinajstić information content (AvgIpc) is 2.28. The van der Waals surface area contributed by atoms with E-state index in [1.807, 2.05) is 47.8 Å². The summed E-state index contributed by atoms with van der Waals surface area (Å²) in [6.45, 7) is 0. The van der Waals surface area contributed by atoms with E-state index < -0.39 is 0 Å². The van der Waals surface area contributed by atoms with Crippen LogP contribution in [-0.2, 0) is 0 Å². The molecule has 2 aliphatic heterocycles. The summed E-state index contributed by atoms with van der Waals surface area (Å²) in [5.74, 6) is 1.10. The minimum atomic E-state index is 1.10. The summed E-state index contributed by atoms with van der Waals surface area (Å²) in [6, 6.07) is 0. The predicted octanol–water partition coefficient (Wildman–Crippen LogP) is 1.29. The van der Waals surface area contributed by atoms with Gasteiger partial charge in [-0.3, -0.25) is 0 Å². The van der Waals surface area contributed by atoms with Crippen molar-refractivity contribution in [3.8, 4) is 0 Å². The quantitative estimate of drug-likeness (QED) is 0.534. The highest BCUT2D eigenvalue weighted by Gasteiger charge is 2.06. The summed E-state index contributed by atoms with van der Waals surface area (Å²) in [6.07, 6.45) is 13.9. The smallest absolute Gasteiger partial charge is 0.114 e. The van der Waals surface area contributed by atoms with Crippen LogP contribution in [-0.4, -0.2) is 4.90 Å². The summed E-state index contributed by atoms with van der Waals surface area (Å²) < 4.78 is 0. The van der Waals surface area contributed by atoms with Crippen molar-refractivity contribution in [1.29, 1.82) is 0 Å². The van der Waals surface area contributed by atoms with Gasteiger partial charge in [0.1, 0.15) is 5.82 Å². The summed E-state index contributed by atoms with van der Waals surface area (Å²) >= 11 is 0. The number of rotatable bonds is 0. The molecule has 0 aromatic carbocycles. The molecule has 1 N–H and O–H groups in total. The van der Waals surface area contributed by atoms with Crippen molar-refractivity contribution in [1.82, 2.24) is 10.2 Å². The number of hydrogen-bond acceptors (Lipinski definition) is 2. The highest BCUT2D eigenvalue weighted by molar-refractivity contribution is 5.26. The second kappa shape index (κ2) is 2.06. The predicted molar refractivity (Wildman–Crippen MR) is 40.5 cm³/mol. The lowest BCUT2D eigenvalue weighted by molar-refractivity contribution is 0.630. The first-order valence-electron chi connectivity index (χ1n) is 3.23. The molecule has 0 radical (unpaired) electrons. The first kappa shape index (κ1) is 5.35. The summed E-state index contributed by atoms with van der Waals surface area (Å²) in [5.41, 5.74) is 0. The second-order valence-corrected chi connectivity index (χ2v) is 2.15. The van der Waals surface area contributed by atoms with E-state index in [1.165, 1.54) is 0 Å². The second-order valence-electron chi connectivity index (χ2n) is 2.15. The zero-order chi connectivity index (χ0) is 6.81. The number of hydrogen-bond donors (Lipinski definition) is 1. The number of allylic oxidation sites excluding steroid dienone is 4. The third kappa shape index (κ3) is 0.739. The largest absolute Gasteiger partial charge is 0.346 e. The van der Waals surface area contributed by atoms with E-state index in [2.05, 4.69) is 5.32 Å². The van der Waals surface area contributed by atoms with Crippen LogP contribution in [0.25, 0.3) is 0 Å². The van der Waals surface area contributed by atoms with Gasteiger partial charge in [-0.1, -0.05) is 12.2 Å². The normalized spacial score (nSPS) is 20.0. The molecule has 2 heterocycles. The molecule has 0 unspecified atom stereocenters. The van der Waals surface area contributed by atoms with Crippen molar-refractivity contribution < 1.29 is 0 Å². The van der Waals surface area contributed by atoms with E-state index in [4.69, 9.17) is 0 Å². The van der Waals surface area contributed by atoms with Gasteiger partial charge in [0.05, 0.1) is 0 Å². The minimum absolute atomic E-state index is 1.10. The van der Waals surface area contributed by atoms with Crippen molar-refractivity contribution in [2.75, 3.05) is 0 Å². The fraction of sp³-hybridized carbons (Fsp3) is 0. The highest BCUT2D eigenvalue weighted by atomic mass is 15.3. The van der Waals surface area contributed by atoms with Crippen LogP contribution in [0.1, 0.15) is 0 Å². The van der Waals surface area contributed by atoms with Crippen LogP contribution < -0.4 is 5.32 Å². The molecule has 0 atom stereocenters. The van der Waals surface area contributed by atoms with Gasteiger partial charge >= 0.3 is 0 Å². The molecular weight excluding hydrogens is 124 g/mol. The van der Waals surface area contributed by atoms with E-state index in [1.54, 1.807) is 0 Å². The van der Waals surface area contributed by atoms with Crippen LogP contribution in [0.5, 0.6) is 0 Å². The maximum absolute atomic E-state index is 3.10. The Kier molecular flexibility index (Phi) is 1.10. The van der Waals surface area contributed by atoms with E-state index in [-0.39, 0.29) is 0 Å². The molecule has 0 bridgehead atoms. The monoisotopic (exact) mass is 132 g/mol. The molecular formula is C8H8N2. The molecule has 0 spiro atoms. The maximum atomic E-state index is 3.10. The molecule has 2 aliphatic rings. The van der Waals surface area contributed by atoms with Gasteiger partial charge in [0, 0.05) is 18.6 Å². The summed E-state index contributed by atoms with van der Waals surface area (Å²) in [4.78, 5) is 2.03. The van der Waals surface area contributed by atoms with Gasteiger partial charge in [0.2, 0.25) is 0 Å². The van der Waals surface area contributed by atoms with Gasteiger partial charge in [-0.05, 0) is 12.2 Å². The molecule has 0 fully saturated rings. The third-order valence-electron chi connectivity index (χ3n) is 1.47. The molecule has 0 amide bonds.